The molecule has 0 N–H and O–H groups in total. The zero-order chi connectivity index (χ0) is 14.9. The SMILES string of the molecule is O=S(=O)(c1cccnc1)N(Cc1ccc(F)cc1)C1CC1. The molecule has 0 unspecified atom stereocenters. The van der Waals surface area contributed by atoms with Crippen LogP contribution in [0, 0.1) is 5.82 Å². The number of rotatable bonds is 5. The van der Waals surface area contributed by atoms with Crippen LogP contribution < -0.4 is 0 Å². The summed E-state index contributed by atoms with van der Waals surface area (Å²) in [7, 11) is -3.57. The molecule has 6 heteroatoms. The van der Waals surface area contributed by atoms with Crippen LogP contribution in [0.2, 0.25) is 0 Å². The summed E-state index contributed by atoms with van der Waals surface area (Å²) < 4.78 is 39.8. The maximum Gasteiger partial charge on any atom is 0.245 e. The van der Waals surface area contributed by atoms with Gasteiger partial charge in [-0.1, -0.05) is 12.1 Å². The summed E-state index contributed by atoms with van der Waals surface area (Å²) in [6, 6.07) is 9.10. The summed E-state index contributed by atoms with van der Waals surface area (Å²) in [5, 5.41) is 0. The molecule has 0 amide bonds. The highest BCUT2D eigenvalue weighted by Crippen LogP contribution is 2.33. The molecular formula is C15H15FN2O2S. The molecule has 110 valence electrons. The van der Waals surface area contributed by atoms with Gasteiger partial charge in [0.15, 0.2) is 0 Å². The minimum Gasteiger partial charge on any atom is -0.263 e. The normalized spacial score (nSPS) is 15.3. The Morgan fingerprint density at radius 2 is 1.90 bits per heavy atom. The van der Waals surface area contributed by atoms with Crippen molar-refractivity contribution in [3.8, 4) is 0 Å². The number of hydrogen-bond donors (Lipinski definition) is 0. The lowest BCUT2D eigenvalue weighted by atomic mass is 10.2. The summed E-state index contributed by atoms with van der Waals surface area (Å²) in [5.74, 6) is -0.327. The highest BCUT2D eigenvalue weighted by Gasteiger charge is 2.38. The lowest BCUT2D eigenvalue weighted by molar-refractivity contribution is 0.398. The molecule has 1 fully saturated rings. The van der Waals surface area contributed by atoms with Gasteiger partial charge in [-0.15, -0.1) is 0 Å². The minimum absolute atomic E-state index is 0.0280. The Bertz CT molecular complexity index is 713. The molecule has 0 saturated heterocycles. The third-order valence-corrected chi connectivity index (χ3v) is 5.33. The average molecular weight is 306 g/mol. The molecule has 1 aromatic carbocycles. The van der Waals surface area contributed by atoms with E-state index in [4.69, 9.17) is 0 Å². The molecule has 0 radical (unpaired) electrons. The Morgan fingerprint density at radius 3 is 2.48 bits per heavy atom. The summed E-state index contributed by atoms with van der Waals surface area (Å²) in [6.07, 6.45) is 4.62. The first-order chi connectivity index (χ1) is 10.1. The molecule has 1 aromatic heterocycles. The van der Waals surface area contributed by atoms with Crippen LogP contribution in [0.3, 0.4) is 0 Å². The second-order valence-corrected chi connectivity index (χ2v) is 6.99. The number of halogens is 1. The highest BCUT2D eigenvalue weighted by molar-refractivity contribution is 7.89. The average Bonchev–Trinajstić information content (AvgIpc) is 3.32. The molecule has 0 spiro atoms. The Balaban J connectivity index is 1.90. The summed E-state index contributed by atoms with van der Waals surface area (Å²) in [6.45, 7) is 0.252. The molecule has 0 bridgehead atoms. The fourth-order valence-electron chi connectivity index (χ4n) is 2.18. The van der Waals surface area contributed by atoms with Crippen LogP contribution in [0.1, 0.15) is 18.4 Å². The van der Waals surface area contributed by atoms with Crippen LogP contribution >= 0.6 is 0 Å². The molecule has 1 saturated carbocycles. The van der Waals surface area contributed by atoms with Crippen LogP contribution in [-0.2, 0) is 16.6 Å². The van der Waals surface area contributed by atoms with Gasteiger partial charge in [-0.25, -0.2) is 12.8 Å². The maximum absolute atomic E-state index is 13.0. The first-order valence-electron chi connectivity index (χ1n) is 6.74. The monoisotopic (exact) mass is 306 g/mol. The molecule has 4 nitrogen and oxygen atoms in total. The lowest BCUT2D eigenvalue weighted by Crippen LogP contribution is -2.32. The zero-order valence-electron chi connectivity index (χ0n) is 11.3. The summed E-state index contributed by atoms with van der Waals surface area (Å²) in [5.41, 5.74) is 0.774. The Kier molecular flexibility index (Phi) is 3.73. The van der Waals surface area contributed by atoms with Gasteiger partial charge in [0.2, 0.25) is 10.0 Å². The topological polar surface area (TPSA) is 50.3 Å². The first-order valence-corrected chi connectivity index (χ1v) is 8.18. The molecule has 0 aliphatic heterocycles. The largest absolute Gasteiger partial charge is 0.263 e. The van der Waals surface area contributed by atoms with E-state index in [1.165, 1.54) is 22.6 Å². The van der Waals surface area contributed by atoms with Crippen molar-refractivity contribution >= 4 is 10.0 Å². The van der Waals surface area contributed by atoms with Crippen LogP contribution in [0.25, 0.3) is 0 Å². The van der Waals surface area contributed by atoms with Crippen molar-refractivity contribution in [2.24, 2.45) is 0 Å². The summed E-state index contributed by atoms with van der Waals surface area (Å²) in [4.78, 5) is 4.07. The van der Waals surface area contributed by atoms with E-state index in [9.17, 15) is 12.8 Å². The van der Waals surface area contributed by atoms with E-state index in [-0.39, 0.29) is 23.3 Å². The molecule has 0 atom stereocenters. The fourth-order valence-corrected chi connectivity index (χ4v) is 3.82. The maximum atomic E-state index is 13.0. The number of hydrogen-bond acceptors (Lipinski definition) is 3. The van der Waals surface area contributed by atoms with Crippen molar-refractivity contribution in [2.75, 3.05) is 0 Å². The van der Waals surface area contributed by atoms with E-state index < -0.39 is 10.0 Å². The summed E-state index contributed by atoms with van der Waals surface area (Å²) >= 11 is 0. The first kappa shape index (κ1) is 14.2. The standard InChI is InChI=1S/C15H15FN2O2S/c16-13-5-3-12(4-6-13)11-18(14-7-8-14)21(19,20)15-2-1-9-17-10-15/h1-6,9-10,14H,7-8,11H2. The van der Waals surface area contributed by atoms with E-state index in [2.05, 4.69) is 4.98 Å². The van der Waals surface area contributed by atoms with Gasteiger partial charge in [-0.2, -0.15) is 4.31 Å². The smallest absolute Gasteiger partial charge is 0.245 e. The van der Waals surface area contributed by atoms with Crippen molar-refractivity contribution in [2.45, 2.75) is 30.3 Å². The van der Waals surface area contributed by atoms with E-state index in [1.807, 2.05) is 0 Å². The van der Waals surface area contributed by atoms with Crippen LogP contribution in [0.15, 0.2) is 53.7 Å². The molecule has 21 heavy (non-hydrogen) atoms. The number of nitrogens with zero attached hydrogens (tertiary/aromatic N) is 2. The second kappa shape index (κ2) is 5.54. The lowest BCUT2D eigenvalue weighted by Gasteiger charge is -2.21. The van der Waals surface area contributed by atoms with Gasteiger partial charge in [0.1, 0.15) is 10.7 Å². The van der Waals surface area contributed by atoms with E-state index in [1.54, 1.807) is 30.5 Å². The molecule has 1 aliphatic carbocycles. The van der Waals surface area contributed by atoms with Gasteiger partial charge in [0.25, 0.3) is 0 Å². The van der Waals surface area contributed by atoms with Crippen molar-refractivity contribution in [1.82, 2.24) is 9.29 Å². The quantitative estimate of drug-likeness (QED) is 0.853. The Hall–Kier alpha value is -1.79. The van der Waals surface area contributed by atoms with Gasteiger partial charge >= 0.3 is 0 Å². The minimum atomic E-state index is -3.57. The predicted octanol–water partition coefficient (Wildman–Crippen LogP) is 2.57. The van der Waals surface area contributed by atoms with Crippen molar-refractivity contribution in [3.05, 3.63) is 60.2 Å². The Labute approximate surface area is 123 Å². The molecule has 1 aliphatic rings. The predicted molar refractivity (Wildman–Crippen MR) is 76.4 cm³/mol. The number of pyridine rings is 1. The van der Waals surface area contributed by atoms with Gasteiger partial charge in [0.05, 0.1) is 0 Å². The molecule has 3 rings (SSSR count). The number of sulfonamides is 1. The number of aromatic nitrogens is 1. The molecular weight excluding hydrogens is 291 g/mol. The van der Waals surface area contributed by atoms with Crippen molar-refractivity contribution < 1.29 is 12.8 Å². The van der Waals surface area contributed by atoms with Crippen molar-refractivity contribution in [1.29, 1.82) is 0 Å². The van der Waals surface area contributed by atoms with Gasteiger partial charge in [0, 0.05) is 25.0 Å². The van der Waals surface area contributed by atoms with Gasteiger partial charge in [-0.3, -0.25) is 4.98 Å². The Morgan fingerprint density at radius 1 is 1.19 bits per heavy atom. The second-order valence-electron chi connectivity index (χ2n) is 5.10. The number of benzene rings is 1. The third kappa shape index (κ3) is 3.11. The van der Waals surface area contributed by atoms with E-state index in [0.717, 1.165) is 18.4 Å². The van der Waals surface area contributed by atoms with Crippen molar-refractivity contribution in [3.63, 3.8) is 0 Å². The third-order valence-electron chi connectivity index (χ3n) is 3.45. The van der Waals surface area contributed by atoms with Gasteiger partial charge < -0.3 is 0 Å². The van der Waals surface area contributed by atoms with Crippen LogP contribution in [0.4, 0.5) is 4.39 Å². The van der Waals surface area contributed by atoms with Gasteiger partial charge in [-0.05, 0) is 42.7 Å². The van der Waals surface area contributed by atoms with E-state index >= 15 is 0 Å². The fraction of sp³-hybridized carbons (Fsp3) is 0.267. The van der Waals surface area contributed by atoms with Crippen LogP contribution in [0.5, 0.6) is 0 Å². The zero-order valence-corrected chi connectivity index (χ0v) is 12.1. The van der Waals surface area contributed by atoms with E-state index in [0.29, 0.717) is 0 Å². The highest BCUT2D eigenvalue weighted by atomic mass is 32.2. The molecule has 2 aromatic rings. The molecule has 1 heterocycles. The van der Waals surface area contributed by atoms with Crippen LogP contribution in [-0.4, -0.2) is 23.7 Å².